The maximum Gasteiger partial charge on any atom is 0.324 e. The predicted molar refractivity (Wildman–Crippen MR) is 134 cm³/mol. The van der Waals surface area contributed by atoms with E-state index in [0.717, 1.165) is 38.5 Å². The number of nitrogens with zero attached hydrogens (tertiary/aromatic N) is 2. The molecule has 1 N–H and O–H groups in total. The number of urea groups is 1. The first-order valence-electron chi connectivity index (χ1n) is 13.4. The molecule has 34 heavy (non-hydrogen) atoms. The monoisotopic (exact) mass is 471 g/mol. The Labute approximate surface area is 205 Å². The summed E-state index contributed by atoms with van der Waals surface area (Å²) in [5, 5.41) is 2.87. The lowest BCUT2D eigenvalue weighted by molar-refractivity contribution is -0.146. The van der Waals surface area contributed by atoms with E-state index in [1.54, 1.807) is 6.08 Å². The van der Waals surface area contributed by atoms with Gasteiger partial charge in [0.2, 0.25) is 11.8 Å². The van der Waals surface area contributed by atoms with Crippen molar-refractivity contribution in [2.45, 2.75) is 86.1 Å². The number of imide groups is 1. The van der Waals surface area contributed by atoms with E-state index >= 15 is 0 Å². The van der Waals surface area contributed by atoms with Crippen LogP contribution < -0.4 is 5.32 Å². The molecule has 0 aromatic rings. The minimum absolute atomic E-state index is 0.00822. The third-order valence-corrected chi connectivity index (χ3v) is 9.90. The van der Waals surface area contributed by atoms with Gasteiger partial charge in [-0.25, -0.2) is 4.79 Å². The fraction of sp³-hybridized carbons (Fsp3) is 0.821. The highest BCUT2D eigenvalue weighted by molar-refractivity contribution is 5.96. The molecule has 190 valence electrons. The third-order valence-electron chi connectivity index (χ3n) is 9.90. The molecule has 0 radical (unpaired) electrons. The van der Waals surface area contributed by atoms with Crippen LogP contribution in [0.4, 0.5) is 4.79 Å². The minimum atomic E-state index is -0.253. The van der Waals surface area contributed by atoms with Crippen LogP contribution in [0.1, 0.15) is 80.1 Å². The van der Waals surface area contributed by atoms with Crippen LogP contribution in [0.25, 0.3) is 0 Å². The summed E-state index contributed by atoms with van der Waals surface area (Å²) in [6, 6.07) is 0.0192. The molecule has 3 fully saturated rings. The number of fused-ring (bicyclic) bond motifs is 5. The molecule has 0 unspecified atom stereocenters. The standard InChI is InChI=1S/C28H45N3O3/c1-8-29-25(34)31(17-26(2,3)4)24(33)21-11-10-19-18-9-12-22-28(6,16-14-23(32)30(22)7)20(18)13-15-27(19,21)5/h14,16,18-22H,8-13,15,17H2,1-7H3,(H,29,34)/t18-,19-,20-,21+,22+,27-,28+/m0/s1. The minimum Gasteiger partial charge on any atom is -0.338 e. The normalized spacial score (nSPS) is 39.2. The molecule has 4 rings (SSSR count). The van der Waals surface area contributed by atoms with Gasteiger partial charge >= 0.3 is 6.03 Å². The van der Waals surface area contributed by atoms with E-state index in [-0.39, 0.29) is 46.1 Å². The average Bonchev–Trinajstić information content (AvgIpc) is 3.11. The summed E-state index contributed by atoms with van der Waals surface area (Å²) >= 11 is 0. The van der Waals surface area contributed by atoms with Gasteiger partial charge < -0.3 is 10.2 Å². The molecule has 1 aliphatic heterocycles. The second-order valence-electron chi connectivity index (χ2n) is 13.1. The van der Waals surface area contributed by atoms with Crippen molar-refractivity contribution in [3.8, 4) is 0 Å². The van der Waals surface area contributed by atoms with E-state index in [2.05, 4.69) is 46.0 Å². The first-order valence-corrected chi connectivity index (χ1v) is 13.4. The molecule has 0 aromatic heterocycles. The fourth-order valence-corrected chi connectivity index (χ4v) is 8.30. The maximum atomic E-state index is 13.9. The maximum absolute atomic E-state index is 13.9. The van der Waals surface area contributed by atoms with Crippen LogP contribution in [0, 0.1) is 39.9 Å². The third kappa shape index (κ3) is 3.99. The molecule has 0 spiro atoms. The Kier molecular flexibility index (Phi) is 6.44. The van der Waals surface area contributed by atoms with Gasteiger partial charge in [-0.05, 0) is 80.1 Å². The van der Waals surface area contributed by atoms with Crippen molar-refractivity contribution in [2.75, 3.05) is 20.1 Å². The number of carbonyl (C=O) groups excluding carboxylic acids is 3. The number of carbonyl (C=O) groups is 3. The lowest BCUT2D eigenvalue weighted by Crippen LogP contribution is -2.60. The summed E-state index contributed by atoms with van der Waals surface area (Å²) in [4.78, 5) is 42.7. The topological polar surface area (TPSA) is 69.7 Å². The molecule has 1 heterocycles. The van der Waals surface area contributed by atoms with Crippen LogP contribution in [-0.2, 0) is 9.59 Å². The van der Waals surface area contributed by atoms with Crippen LogP contribution in [0.2, 0.25) is 0 Å². The number of amides is 4. The van der Waals surface area contributed by atoms with Crippen molar-refractivity contribution < 1.29 is 14.4 Å². The van der Waals surface area contributed by atoms with Crippen LogP contribution in [0.15, 0.2) is 12.2 Å². The predicted octanol–water partition coefficient (Wildman–Crippen LogP) is 4.85. The Morgan fingerprint density at radius 1 is 1.12 bits per heavy atom. The highest BCUT2D eigenvalue weighted by Crippen LogP contribution is 2.65. The first kappa shape index (κ1) is 25.2. The highest BCUT2D eigenvalue weighted by Gasteiger charge is 2.62. The second-order valence-corrected chi connectivity index (χ2v) is 13.1. The van der Waals surface area contributed by atoms with Crippen molar-refractivity contribution in [3.05, 3.63) is 12.2 Å². The smallest absolute Gasteiger partial charge is 0.324 e. The molecule has 3 saturated carbocycles. The number of rotatable bonds is 3. The summed E-state index contributed by atoms with van der Waals surface area (Å²) < 4.78 is 0. The first-order chi connectivity index (χ1) is 15.8. The van der Waals surface area contributed by atoms with Crippen LogP contribution in [0.5, 0.6) is 0 Å². The summed E-state index contributed by atoms with van der Waals surface area (Å²) in [5.74, 6) is 1.66. The second kappa shape index (κ2) is 8.67. The van der Waals surface area contributed by atoms with Gasteiger partial charge in [-0.15, -0.1) is 0 Å². The van der Waals surface area contributed by atoms with Crippen LogP contribution in [-0.4, -0.2) is 53.8 Å². The van der Waals surface area contributed by atoms with Crippen molar-refractivity contribution in [1.29, 1.82) is 0 Å². The Balaban J connectivity index is 1.59. The Bertz CT molecular complexity index is 877. The number of nitrogens with one attached hydrogen (secondary N) is 1. The average molecular weight is 472 g/mol. The van der Waals surface area contributed by atoms with E-state index in [9.17, 15) is 14.4 Å². The largest absolute Gasteiger partial charge is 0.338 e. The molecule has 0 aromatic carbocycles. The molecule has 3 aliphatic carbocycles. The Morgan fingerprint density at radius 3 is 2.47 bits per heavy atom. The van der Waals surface area contributed by atoms with Crippen molar-refractivity contribution in [2.24, 2.45) is 39.9 Å². The molecule has 0 saturated heterocycles. The van der Waals surface area contributed by atoms with Crippen molar-refractivity contribution >= 4 is 17.8 Å². The van der Waals surface area contributed by atoms with Crippen molar-refractivity contribution in [1.82, 2.24) is 15.1 Å². The van der Waals surface area contributed by atoms with Crippen molar-refractivity contribution in [3.63, 3.8) is 0 Å². The van der Waals surface area contributed by atoms with Gasteiger partial charge in [-0.3, -0.25) is 14.5 Å². The van der Waals surface area contributed by atoms with E-state index in [1.165, 1.54) is 4.90 Å². The summed E-state index contributed by atoms with van der Waals surface area (Å²) in [6.45, 7) is 13.8. The lowest BCUT2D eigenvalue weighted by atomic mass is 9.47. The molecule has 6 heteroatoms. The van der Waals surface area contributed by atoms with Crippen LogP contribution >= 0.6 is 0 Å². The van der Waals surface area contributed by atoms with E-state index in [1.807, 2.05) is 18.9 Å². The zero-order valence-electron chi connectivity index (χ0n) is 22.3. The van der Waals surface area contributed by atoms with Gasteiger partial charge in [0, 0.05) is 37.5 Å². The summed E-state index contributed by atoms with van der Waals surface area (Å²) in [6.07, 6.45) is 10.2. The number of likely N-dealkylation sites (N-methyl/N-ethyl adjacent to an activating group) is 1. The Hall–Kier alpha value is -1.85. The van der Waals surface area contributed by atoms with E-state index in [4.69, 9.17) is 0 Å². The zero-order valence-corrected chi connectivity index (χ0v) is 22.3. The van der Waals surface area contributed by atoms with E-state index < -0.39 is 0 Å². The molecular formula is C28H45N3O3. The van der Waals surface area contributed by atoms with Crippen LogP contribution in [0.3, 0.4) is 0 Å². The van der Waals surface area contributed by atoms with Gasteiger partial charge in [0.05, 0.1) is 0 Å². The Morgan fingerprint density at radius 2 is 1.82 bits per heavy atom. The lowest BCUT2D eigenvalue weighted by Gasteiger charge is -2.60. The highest BCUT2D eigenvalue weighted by atomic mass is 16.2. The zero-order chi connectivity index (χ0) is 25.1. The van der Waals surface area contributed by atoms with Gasteiger partial charge in [-0.2, -0.15) is 0 Å². The van der Waals surface area contributed by atoms with E-state index in [0.29, 0.717) is 30.8 Å². The molecule has 7 atom stereocenters. The molecule has 4 amide bonds. The molecule has 4 aliphatic rings. The van der Waals surface area contributed by atoms with Gasteiger partial charge in [-0.1, -0.05) is 40.7 Å². The SMILES string of the molecule is CCNC(=O)N(CC(C)(C)C)C(=O)[C@H]1CC[C@H]2[C@@H]3CC[C@H]4N(C)C(=O)C=C[C@]4(C)[C@H]3CC[C@]12C. The summed E-state index contributed by atoms with van der Waals surface area (Å²) in [5.41, 5.74) is -0.209. The molecular weight excluding hydrogens is 426 g/mol. The fourth-order valence-electron chi connectivity index (χ4n) is 8.30. The quantitative estimate of drug-likeness (QED) is 0.640. The number of hydrogen-bond donors (Lipinski definition) is 1. The number of hydrogen-bond acceptors (Lipinski definition) is 3. The van der Waals surface area contributed by atoms with Gasteiger partial charge in [0.1, 0.15) is 0 Å². The van der Waals surface area contributed by atoms with Gasteiger partial charge in [0.15, 0.2) is 0 Å². The molecule has 0 bridgehead atoms. The van der Waals surface area contributed by atoms with Gasteiger partial charge in [0.25, 0.3) is 0 Å². The summed E-state index contributed by atoms with van der Waals surface area (Å²) in [7, 11) is 1.96. The molecule has 6 nitrogen and oxygen atoms in total.